The summed E-state index contributed by atoms with van der Waals surface area (Å²) in [7, 11) is -3.51. The Bertz CT molecular complexity index is 812. The summed E-state index contributed by atoms with van der Waals surface area (Å²) in [4.78, 5) is 0.362. The van der Waals surface area contributed by atoms with E-state index in [1.807, 2.05) is 24.3 Å². The number of hydrogen-bond acceptors (Lipinski definition) is 3. The van der Waals surface area contributed by atoms with Crippen molar-refractivity contribution in [2.24, 2.45) is 0 Å². The van der Waals surface area contributed by atoms with Crippen molar-refractivity contribution in [1.82, 2.24) is 5.32 Å². The zero-order chi connectivity index (χ0) is 15.9. The highest BCUT2D eigenvalue weighted by molar-refractivity contribution is 7.92. The number of sulfonamides is 1. The van der Waals surface area contributed by atoms with E-state index in [0.29, 0.717) is 11.4 Å². The molecule has 0 aromatic heterocycles. The lowest BCUT2D eigenvalue weighted by Gasteiger charge is -2.34. The molecule has 2 aromatic rings. The van der Waals surface area contributed by atoms with Gasteiger partial charge in [-0.25, -0.2) is 8.42 Å². The van der Waals surface area contributed by atoms with Gasteiger partial charge in [0.2, 0.25) is 0 Å². The van der Waals surface area contributed by atoms with Gasteiger partial charge >= 0.3 is 0 Å². The lowest BCUT2D eigenvalue weighted by atomic mass is 9.75. The number of para-hydroxylation sites is 1. The van der Waals surface area contributed by atoms with Gasteiger partial charge in [0.15, 0.2) is 0 Å². The topological polar surface area (TPSA) is 49.4 Å². The average molecular weight is 328 g/mol. The van der Waals surface area contributed by atoms with E-state index in [1.165, 1.54) is 5.56 Å². The third kappa shape index (κ3) is 2.26. The number of rotatable bonds is 2. The van der Waals surface area contributed by atoms with Crippen molar-refractivity contribution < 1.29 is 8.42 Å². The van der Waals surface area contributed by atoms with E-state index >= 15 is 0 Å². The molecule has 23 heavy (non-hydrogen) atoms. The first-order chi connectivity index (χ1) is 11.1. The Kier molecular flexibility index (Phi) is 3.43. The Hall–Kier alpha value is -1.85. The van der Waals surface area contributed by atoms with Crippen molar-refractivity contribution >= 4 is 15.7 Å². The Morgan fingerprint density at radius 1 is 0.913 bits per heavy atom. The van der Waals surface area contributed by atoms with Crippen LogP contribution in [-0.2, 0) is 15.4 Å². The molecule has 4 nitrogen and oxygen atoms in total. The monoisotopic (exact) mass is 328 g/mol. The van der Waals surface area contributed by atoms with Crippen molar-refractivity contribution in [2.75, 3.05) is 23.9 Å². The Morgan fingerprint density at radius 3 is 2.30 bits per heavy atom. The fraction of sp³-hybridized carbons (Fsp3) is 0.333. The predicted octanol–water partition coefficient (Wildman–Crippen LogP) is 2.52. The van der Waals surface area contributed by atoms with Crippen molar-refractivity contribution in [1.29, 1.82) is 0 Å². The van der Waals surface area contributed by atoms with Gasteiger partial charge in [-0.2, -0.15) is 0 Å². The molecule has 1 spiro atoms. The zero-order valence-corrected chi connectivity index (χ0v) is 13.7. The molecular weight excluding hydrogens is 308 g/mol. The van der Waals surface area contributed by atoms with Gasteiger partial charge < -0.3 is 5.32 Å². The molecule has 4 rings (SSSR count). The van der Waals surface area contributed by atoms with Gasteiger partial charge in [0.05, 0.1) is 10.6 Å². The molecule has 2 aromatic carbocycles. The summed E-state index contributed by atoms with van der Waals surface area (Å²) in [6.45, 7) is 2.42. The van der Waals surface area contributed by atoms with Crippen molar-refractivity contribution in [3.63, 3.8) is 0 Å². The van der Waals surface area contributed by atoms with Crippen LogP contribution in [0, 0.1) is 0 Å². The molecule has 120 valence electrons. The van der Waals surface area contributed by atoms with Crippen LogP contribution in [0.3, 0.4) is 0 Å². The minimum absolute atomic E-state index is 0.0519. The molecule has 2 heterocycles. The molecule has 0 bridgehead atoms. The lowest BCUT2D eigenvalue weighted by molar-refractivity contribution is 0.330. The third-order valence-corrected chi connectivity index (χ3v) is 6.86. The van der Waals surface area contributed by atoms with E-state index < -0.39 is 10.0 Å². The Morgan fingerprint density at radius 2 is 1.57 bits per heavy atom. The Balaban J connectivity index is 1.82. The lowest BCUT2D eigenvalue weighted by Crippen LogP contribution is -2.44. The number of nitrogens with zero attached hydrogens (tertiary/aromatic N) is 1. The maximum absolute atomic E-state index is 13.1. The normalized spacial score (nSPS) is 19.7. The fourth-order valence-electron chi connectivity index (χ4n) is 3.85. The molecule has 1 fully saturated rings. The molecule has 5 heteroatoms. The van der Waals surface area contributed by atoms with Crippen molar-refractivity contribution in [3.05, 3.63) is 60.2 Å². The van der Waals surface area contributed by atoms with Gasteiger partial charge in [-0.3, -0.25) is 4.31 Å². The van der Waals surface area contributed by atoms with E-state index in [2.05, 4.69) is 11.4 Å². The summed E-state index contributed by atoms with van der Waals surface area (Å²) in [6.07, 6.45) is 1.95. The zero-order valence-electron chi connectivity index (χ0n) is 12.9. The highest BCUT2D eigenvalue weighted by atomic mass is 32.2. The molecule has 1 N–H and O–H groups in total. The molecule has 0 amide bonds. The van der Waals surface area contributed by atoms with Gasteiger partial charge in [0, 0.05) is 12.0 Å². The molecule has 0 atom stereocenters. The standard InChI is InChI=1S/C18H20N2O2S/c21-23(22,15-6-2-1-3-7-15)20-14-18(10-12-19-13-11-18)16-8-4-5-9-17(16)20/h1-9,19H,10-14H2. The van der Waals surface area contributed by atoms with E-state index in [9.17, 15) is 8.42 Å². The average Bonchev–Trinajstić information content (AvgIpc) is 2.92. The van der Waals surface area contributed by atoms with E-state index in [4.69, 9.17) is 0 Å². The largest absolute Gasteiger partial charge is 0.317 e. The van der Waals surface area contributed by atoms with Gasteiger partial charge in [-0.15, -0.1) is 0 Å². The maximum atomic E-state index is 13.1. The third-order valence-electron chi connectivity index (χ3n) is 5.08. The van der Waals surface area contributed by atoms with E-state index in [1.54, 1.807) is 28.6 Å². The van der Waals surface area contributed by atoms with Crippen LogP contribution in [0.2, 0.25) is 0 Å². The van der Waals surface area contributed by atoms with Crippen LogP contribution < -0.4 is 9.62 Å². The van der Waals surface area contributed by atoms with Gasteiger partial charge in [-0.1, -0.05) is 36.4 Å². The molecule has 0 radical (unpaired) electrons. The summed E-state index contributed by atoms with van der Waals surface area (Å²) in [5, 5.41) is 3.38. The Labute approximate surface area is 137 Å². The van der Waals surface area contributed by atoms with Crippen LogP contribution in [0.1, 0.15) is 18.4 Å². The summed E-state index contributed by atoms with van der Waals surface area (Å²) >= 11 is 0. The van der Waals surface area contributed by atoms with Crippen LogP contribution in [0.25, 0.3) is 0 Å². The first-order valence-electron chi connectivity index (χ1n) is 8.02. The summed E-state index contributed by atoms with van der Waals surface area (Å²) in [5.41, 5.74) is 1.98. The van der Waals surface area contributed by atoms with Crippen LogP contribution >= 0.6 is 0 Å². The summed E-state index contributed by atoms with van der Waals surface area (Å²) in [6, 6.07) is 16.7. The number of nitrogens with one attached hydrogen (secondary N) is 1. The van der Waals surface area contributed by atoms with Crippen molar-refractivity contribution in [3.8, 4) is 0 Å². The maximum Gasteiger partial charge on any atom is 0.264 e. The first-order valence-corrected chi connectivity index (χ1v) is 9.46. The number of hydrogen-bond donors (Lipinski definition) is 1. The number of benzene rings is 2. The second-order valence-electron chi connectivity index (χ2n) is 6.37. The summed E-state index contributed by atoms with van der Waals surface area (Å²) < 4.78 is 27.9. The predicted molar refractivity (Wildman–Crippen MR) is 91.2 cm³/mol. The van der Waals surface area contributed by atoms with E-state index in [-0.39, 0.29) is 5.41 Å². The number of piperidine rings is 1. The molecule has 1 saturated heterocycles. The SMILES string of the molecule is O=S(=O)(c1ccccc1)N1CC2(CCNCC2)c2ccccc21. The highest BCUT2D eigenvalue weighted by Crippen LogP contribution is 2.47. The van der Waals surface area contributed by atoms with Gasteiger partial charge in [-0.05, 0) is 49.7 Å². The molecule has 2 aliphatic heterocycles. The first kappa shape index (κ1) is 14.7. The second kappa shape index (κ2) is 5.35. The smallest absolute Gasteiger partial charge is 0.264 e. The van der Waals surface area contributed by atoms with Crippen LogP contribution in [0.15, 0.2) is 59.5 Å². The minimum Gasteiger partial charge on any atom is -0.317 e. The fourth-order valence-corrected chi connectivity index (χ4v) is 5.44. The number of fused-ring (bicyclic) bond motifs is 2. The molecule has 0 unspecified atom stereocenters. The minimum atomic E-state index is -3.51. The van der Waals surface area contributed by atoms with Gasteiger partial charge in [0.1, 0.15) is 0 Å². The van der Waals surface area contributed by atoms with Crippen molar-refractivity contribution in [2.45, 2.75) is 23.2 Å². The second-order valence-corrected chi connectivity index (χ2v) is 8.23. The number of anilines is 1. The highest BCUT2D eigenvalue weighted by Gasteiger charge is 2.46. The van der Waals surface area contributed by atoms with Gasteiger partial charge in [0.25, 0.3) is 10.0 Å². The quantitative estimate of drug-likeness (QED) is 0.921. The van der Waals surface area contributed by atoms with Crippen LogP contribution in [0.5, 0.6) is 0 Å². The summed E-state index contributed by atoms with van der Waals surface area (Å²) in [5.74, 6) is 0. The molecule has 0 aliphatic carbocycles. The van der Waals surface area contributed by atoms with E-state index in [0.717, 1.165) is 31.6 Å². The molecule has 0 saturated carbocycles. The molecular formula is C18H20N2O2S. The van der Waals surface area contributed by atoms with Crippen LogP contribution in [0.4, 0.5) is 5.69 Å². The molecule has 2 aliphatic rings. The van der Waals surface area contributed by atoms with Crippen LogP contribution in [-0.4, -0.2) is 28.1 Å².